The predicted octanol–water partition coefficient (Wildman–Crippen LogP) is 4.00. The van der Waals surface area contributed by atoms with Gasteiger partial charge in [-0.3, -0.25) is 9.89 Å². The van der Waals surface area contributed by atoms with Crippen molar-refractivity contribution in [2.45, 2.75) is 13.0 Å². The number of benzene rings is 3. The van der Waals surface area contributed by atoms with Gasteiger partial charge in [-0.15, -0.1) is 0 Å². The Hall–Kier alpha value is -3.93. The fourth-order valence-corrected chi connectivity index (χ4v) is 3.21. The third-order valence-electron chi connectivity index (χ3n) is 4.80. The fourth-order valence-electron chi connectivity index (χ4n) is 3.21. The first-order valence-corrected chi connectivity index (χ1v) is 9.68. The summed E-state index contributed by atoms with van der Waals surface area (Å²) in [4.78, 5) is 17.3. The molecule has 0 aliphatic rings. The highest BCUT2D eigenvalue weighted by molar-refractivity contribution is 5.95. The third-order valence-corrected chi connectivity index (χ3v) is 4.80. The predicted molar refractivity (Wildman–Crippen MR) is 115 cm³/mol. The Morgan fingerprint density at radius 2 is 1.70 bits per heavy atom. The van der Waals surface area contributed by atoms with Crippen molar-refractivity contribution in [3.63, 3.8) is 0 Å². The molecule has 1 aromatic heterocycles. The zero-order valence-corrected chi connectivity index (χ0v) is 16.6. The first-order chi connectivity index (χ1) is 14.7. The molecule has 0 saturated heterocycles. The molecule has 1 heterocycles. The average molecular weight is 398 g/mol. The maximum Gasteiger partial charge on any atom is 0.251 e. The van der Waals surface area contributed by atoms with E-state index in [0.717, 1.165) is 22.4 Å². The molecule has 6 heteroatoms. The molecular weight excluding hydrogens is 376 g/mol. The number of nitrogens with one attached hydrogen (secondary N) is 2. The van der Waals surface area contributed by atoms with Crippen molar-refractivity contribution >= 4 is 5.91 Å². The molecule has 150 valence electrons. The second-order valence-corrected chi connectivity index (χ2v) is 6.84. The van der Waals surface area contributed by atoms with Crippen LogP contribution in [-0.4, -0.2) is 28.2 Å². The Labute approximate surface area is 175 Å². The van der Waals surface area contributed by atoms with Gasteiger partial charge in [0, 0.05) is 11.1 Å². The van der Waals surface area contributed by atoms with Gasteiger partial charge in [-0.1, -0.05) is 48.5 Å². The second-order valence-electron chi connectivity index (χ2n) is 6.84. The minimum atomic E-state index is -0.135. The van der Waals surface area contributed by atoms with Crippen LogP contribution >= 0.6 is 0 Å². The van der Waals surface area contributed by atoms with Gasteiger partial charge < -0.3 is 10.1 Å². The fraction of sp³-hybridized carbons (Fsp3) is 0.125. The Kier molecular flexibility index (Phi) is 5.85. The van der Waals surface area contributed by atoms with Crippen LogP contribution in [0.25, 0.3) is 11.4 Å². The van der Waals surface area contributed by atoms with E-state index in [2.05, 4.69) is 32.6 Å². The highest BCUT2D eigenvalue weighted by Crippen LogP contribution is 2.19. The minimum absolute atomic E-state index is 0.135. The minimum Gasteiger partial charge on any atom is -0.497 e. The maximum absolute atomic E-state index is 12.8. The lowest BCUT2D eigenvalue weighted by atomic mass is 9.99. The smallest absolute Gasteiger partial charge is 0.251 e. The molecular formula is C24H22N4O2. The standard InChI is InChI=1S/C24H22N4O2/c1-30-20-13-11-18(12-14-20)23-26-22(27-28-23)16-25-24(29)21-10-6-5-9-19(21)15-17-7-3-2-4-8-17/h2-14H,15-16H2,1H3,(H,25,29)(H,26,27,28). The van der Waals surface area contributed by atoms with Crippen LogP contribution in [0.4, 0.5) is 0 Å². The van der Waals surface area contributed by atoms with Gasteiger partial charge in [0.15, 0.2) is 5.82 Å². The van der Waals surface area contributed by atoms with Gasteiger partial charge in [-0.2, -0.15) is 5.10 Å². The van der Waals surface area contributed by atoms with Crippen LogP contribution < -0.4 is 10.1 Å². The molecule has 4 rings (SSSR count). The van der Waals surface area contributed by atoms with Crippen molar-refractivity contribution in [2.75, 3.05) is 7.11 Å². The number of nitrogens with zero attached hydrogens (tertiary/aromatic N) is 2. The van der Waals surface area contributed by atoms with E-state index in [0.29, 0.717) is 23.6 Å². The lowest BCUT2D eigenvalue weighted by Gasteiger charge is -2.09. The average Bonchev–Trinajstić information content (AvgIpc) is 3.28. The molecule has 3 aromatic carbocycles. The Morgan fingerprint density at radius 1 is 0.967 bits per heavy atom. The monoisotopic (exact) mass is 398 g/mol. The number of hydrogen-bond donors (Lipinski definition) is 2. The highest BCUT2D eigenvalue weighted by atomic mass is 16.5. The topological polar surface area (TPSA) is 79.9 Å². The van der Waals surface area contributed by atoms with Crippen LogP contribution in [0.15, 0.2) is 78.9 Å². The molecule has 30 heavy (non-hydrogen) atoms. The molecule has 6 nitrogen and oxygen atoms in total. The summed E-state index contributed by atoms with van der Waals surface area (Å²) in [6, 6.07) is 25.3. The van der Waals surface area contributed by atoms with Gasteiger partial charge >= 0.3 is 0 Å². The summed E-state index contributed by atoms with van der Waals surface area (Å²) in [6.45, 7) is 0.266. The number of ether oxygens (including phenoxy) is 1. The SMILES string of the molecule is COc1ccc(-c2n[nH]c(CNC(=O)c3ccccc3Cc3ccccc3)n2)cc1. The van der Waals surface area contributed by atoms with Crippen molar-refractivity contribution in [2.24, 2.45) is 0 Å². The Balaban J connectivity index is 1.42. The van der Waals surface area contributed by atoms with Crippen molar-refractivity contribution in [1.29, 1.82) is 0 Å². The molecule has 0 bridgehead atoms. The van der Waals surface area contributed by atoms with Crippen LogP contribution in [-0.2, 0) is 13.0 Å². The zero-order valence-electron chi connectivity index (χ0n) is 16.6. The first-order valence-electron chi connectivity index (χ1n) is 9.68. The van der Waals surface area contributed by atoms with Crippen LogP contribution in [0.2, 0.25) is 0 Å². The van der Waals surface area contributed by atoms with E-state index in [1.807, 2.05) is 66.7 Å². The van der Waals surface area contributed by atoms with E-state index >= 15 is 0 Å². The summed E-state index contributed by atoms with van der Waals surface area (Å²) >= 11 is 0. The summed E-state index contributed by atoms with van der Waals surface area (Å²) in [5.41, 5.74) is 3.68. The Morgan fingerprint density at radius 3 is 2.47 bits per heavy atom. The summed E-state index contributed by atoms with van der Waals surface area (Å²) < 4.78 is 5.17. The molecule has 0 aliphatic heterocycles. The number of aromatic amines is 1. The third kappa shape index (κ3) is 4.55. The van der Waals surface area contributed by atoms with Crippen molar-refractivity contribution in [3.8, 4) is 17.1 Å². The van der Waals surface area contributed by atoms with Gasteiger partial charge in [0.25, 0.3) is 5.91 Å². The van der Waals surface area contributed by atoms with Crippen molar-refractivity contribution < 1.29 is 9.53 Å². The summed E-state index contributed by atoms with van der Waals surface area (Å²) in [5, 5.41) is 10.1. The van der Waals surface area contributed by atoms with Gasteiger partial charge in [0.1, 0.15) is 11.6 Å². The lowest BCUT2D eigenvalue weighted by molar-refractivity contribution is 0.0949. The lowest BCUT2D eigenvalue weighted by Crippen LogP contribution is -2.24. The van der Waals surface area contributed by atoms with E-state index in [-0.39, 0.29) is 12.5 Å². The maximum atomic E-state index is 12.8. The van der Waals surface area contributed by atoms with Gasteiger partial charge in [0.2, 0.25) is 0 Å². The van der Waals surface area contributed by atoms with Crippen molar-refractivity contribution in [3.05, 3.63) is 101 Å². The van der Waals surface area contributed by atoms with Crippen molar-refractivity contribution in [1.82, 2.24) is 20.5 Å². The van der Waals surface area contributed by atoms with Crippen LogP contribution in [0.1, 0.15) is 27.3 Å². The number of H-pyrrole nitrogens is 1. The quantitative estimate of drug-likeness (QED) is 0.493. The zero-order chi connectivity index (χ0) is 20.8. The number of hydrogen-bond acceptors (Lipinski definition) is 4. The van der Waals surface area contributed by atoms with E-state index < -0.39 is 0 Å². The molecule has 0 spiro atoms. The number of rotatable bonds is 7. The molecule has 0 radical (unpaired) electrons. The van der Waals surface area contributed by atoms with E-state index in [9.17, 15) is 4.79 Å². The number of methoxy groups -OCH3 is 1. The van der Waals surface area contributed by atoms with Gasteiger partial charge in [-0.05, 0) is 47.9 Å². The van der Waals surface area contributed by atoms with E-state index in [1.165, 1.54) is 0 Å². The van der Waals surface area contributed by atoms with E-state index in [4.69, 9.17) is 4.74 Å². The van der Waals surface area contributed by atoms with Gasteiger partial charge in [0.05, 0.1) is 13.7 Å². The molecule has 0 unspecified atom stereocenters. The number of carbonyl (C=O) groups excluding carboxylic acids is 1. The molecule has 0 aliphatic carbocycles. The normalized spacial score (nSPS) is 10.6. The Bertz CT molecular complexity index is 1120. The highest BCUT2D eigenvalue weighted by Gasteiger charge is 2.13. The van der Waals surface area contributed by atoms with E-state index in [1.54, 1.807) is 7.11 Å². The van der Waals surface area contributed by atoms with Crippen LogP contribution in [0.3, 0.4) is 0 Å². The van der Waals surface area contributed by atoms with Gasteiger partial charge in [-0.25, -0.2) is 4.98 Å². The molecule has 4 aromatic rings. The number of carbonyl (C=O) groups is 1. The summed E-state index contributed by atoms with van der Waals surface area (Å²) in [7, 11) is 1.63. The molecule has 1 amide bonds. The van der Waals surface area contributed by atoms with Crippen LogP contribution in [0.5, 0.6) is 5.75 Å². The summed E-state index contributed by atoms with van der Waals surface area (Å²) in [6.07, 6.45) is 0.703. The largest absolute Gasteiger partial charge is 0.497 e. The molecule has 2 N–H and O–H groups in total. The number of amides is 1. The second kappa shape index (κ2) is 9.05. The molecule has 0 fully saturated rings. The summed E-state index contributed by atoms with van der Waals surface area (Å²) in [5.74, 6) is 1.81. The number of aromatic nitrogens is 3. The molecule has 0 saturated carbocycles. The van der Waals surface area contributed by atoms with Crippen LogP contribution in [0, 0.1) is 0 Å². The molecule has 0 atom stereocenters. The first kappa shape index (κ1) is 19.4.